The largest absolute Gasteiger partial charge is 0.457 e. The molecular weight excluding hydrogens is 464 g/mol. The van der Waals surface area contributed by atoms with Crippen LogP contribution in [0.2, 0.25) is 0 Å². The van der Waals surface area contributed by atoms with Gasteiger partial charge in [-0.2, -0.15) is 0 Å². The van der Waals surface area contributed by atoms with Crippen LogP contribution < -0.4 is 20.3 Å². The van der Waals surface area contributed by atoms with Crippen LogP contribution in [0.4, 0.5) is 25.0 Å². The van der Waals surface area contributed by atoms with E-state index in [2.05, 4.69) is 16.3 Å². The van der Waals surface area contributed by atoms with Crippen LogP contribution in [0.15, 0.2) is 42.5 Å². The number of benzene rings is 3. The molecule has 1 aliphatic rings. The van der Waals surface area contributed by atoms with Crippen LogP contribution in [-0.2, 0) is 12.8 Å². The molecule has 3 aromatic carbocycles. The Morgan fingerprint density at radius 3 is 2.14 bits per heavy atom. The molecule has 0 fully saturated rings. The third-order valence-electron chi connectivity index (χ3n) is 6.30. The molecule has 0 unspecified atom stereocenters. The zero-order chi connectivity index (χ0) is 26.0. The molecule has 4 rings (SSSR count). The van der Waals surface area contributed by atoms with Gasteiger partial charge in [0.05, 0.1) is 0 Å². The Hall–Kier alpha value is -3.94. The minimum absolute atomic E-state index is 0.418. The van der Waals surface area contributed by atoms with Crippen molar-refractivity contribution in [3.8, 4) is 11.5 Å². The molecule has 2 N–H and O–H groups in total. The number of carbonyl (C=O) groups is 2. The number of hydrogen-bond donors (Lipinski definition) is 2. The lowest BCUT2D eigenvalue weighted by atomic mass is 9.89. The van der Waals surface area contributed by atoms with Crippen molar-refractivity contribution in [3.05, 3.63) is 81.9 Å². The summed E-state index contributed by atoms with van der Waals surface area (Å²) in [6, 6.07) is 9.67. The molecule has 3 aromatic rings. The van der Waals surface area contributed by atoms with Gasteiger partial charge in [0.25, 0.3) is 5.91 Å². The van der Waals surface area contributed by atoms with Gasteiger partial charge in [0.2, 0.25) is 0 Å². The monoisotopic (exact) mass is 493 g/mol. The summed E-state index contributed by atoms with van der Waals surface area (Å²) in [6.07, 6.45) is 4.25. The standard InChI is InChI=1S/C28H29F2N3O3/c1-16-14-18(31-28(35)32-27(34)25-21(29)10-7-11-22(25)30)15-17(2)26(16)36-24-13-12-23(33(3)4)19-8-5-6-9-20(19)24/h7,10-15H,5-6,8-9H2,1-4H3,(H2,31,32,34,35). The lowest BCUT2D eigenvalue weighted by molar-refractivity contribution is 0.0959. The highest BCUT2D eigenvalue weighted by Crippen LogP contribution is 2.40. The van der Waals surface area contributed by atoms with Gasteiger partial charge >= 0.3 is 6.03 Å². The minimum Gasteiger partial charge on any atom is -0.457 e. The number of anilines is 2. The number of halogens is 2. The molecule has 0 saturated carbocycles. The van der Waals surface area contributed by atoms with E-state index in [-0.39, 0.29) is 0 Å². The molecule has 0 atom stereocenters. The third kappa shape index (κ3) is 5.17. The number of nitrogens with zero attached hydrogens (tertiary/aromatic N) is 1. The second-order valence-corrected chi connectivity index (χ2v) is 9.19. The lowest BCUT2D eigenvalue weighted by Gasteiger charge is -2.26. The molecule has 188 valence electrons. The number of urea groups is 1. The van der Waals surface area contributed by atoms with Crippen molar-refractivity contribution in [3.63, 3.8) is 0 Å². The Balaban J connectivity index is 1.52. The van der Waals surface area contributed by atoms with Gasteiger partial charge in [0.1, 0.15) is 28.7 Å². The van der Waals surface area contributed by atoms with E-state index in [1.807, 2.05) is 39.3 Å². The van der Waals surface area contributed by atoms with Gasteiger partial charge in [-0.15, -0.1) is 0 Å². The maximum atomic E-state index is 13.8. The number of fused-ring (bicyclic) bond motifs is 1. The van der Waals surface area contributed by atoms with Gasteiger partial charge in [-0.3, -0.25) is 10.1 Å². The summed E-state index contributed by atoms with van der Waals surface area (Å²) in [5, 5.41) is 4.51. The first-order valence-corrected chi connectivity index (χ1v) is 11.8. The first kappa shape index (κ1) is 25.2. The maximum absolute atomic E-state index is 13.8. The fraction of sp³-hybridized carbons (Fsp3) is 0.286. The Morgan fingerprint density at radius 1 is 0.917 bits per heavy atom. The fourth-order valence-corrected chi connectivity index (χ4v) is 4.67. The highest BCUT2D eigenvalue weighted by atomic mass is 19.1. The number of rotatable bonds is 5. The molecule has 6 nitrogen and oxygen atoms in total. The highest BCUT2D eigenvalue weighted by Gasteiger charge is 2.22. The number of imide groups is 1. The minimum atomic E-state index is -1.16. The summed E-state index contributed by atoms with van der Waals surface area (Å²) in [6.45, 7) is 3.73. The van der Waals surface area contributed by atoms with E-state index in [1.165, 1.54) is 16.8 Å². The lowest BCUT2D eigenvalue weighted by Crippen LogP contribution is -2.35. The molecule has 8 heteroatoms. The van der Waals surface area contributed by atoms with Gasteiger partial charge in [-0.05, 0) is 92.6 Å². The van der Waals surface area contributed by atoms with Gasteiger partial charge in [0, 0.05) is 31.0 Å². The number of ether oxygens (including phenoxy) is 1. The fourth-order valence-electron chi connectivity index (χ4n) is 4.67. The predicted octanol–water partition coefficient (Wildman–Crippen LogP) is 6.28. The van der Waals surface area contributed by atoms with E-state index in [0.717, 1.165) is 60.8 Å². The van der Waals surface area contributed by atoms with E-state index in [9.17, 15) is 18.4 Å². The smallest absolute Gasteiger partial charge is 0.326 e. The number of nitrogens with one attached hydrogen (secondary N) is 2. The van der Waals surface area contributed by atoms with E-state index in [4.69, 9.17) is 4.74 Å². The van der Waals surface area contributed by atoms with Crippen molar-refractivity contribution >= 4 is 23.3 Å². The molecule has 36 heavy (non-hydrogen) atoms. The summed E-state index contributed by atoms with van der Waals surface area (Å²) < 4.78 is 34.0. The molecule has 1 aliphatic carbocycles. The molecular formula is C28H29F2N3O3. The molecule has 0 aliphatic heterocycles. The first-order chi connectivity index (χ1) is 17.2. The summed E-state index contributed by atoms with van der Waals surface area (Å²) in [5.41, 5.74) is 4.95. The summed E-state index contributed by atoms with van der Waals surface area (Å²) in [5.74, 6) is -1.74. The van der Waals surface area contributed by atoms with Gasteiger partial charge in [0.15, 0.2) is 0 Å². The summed E-state index contributed by atoms with van der Waals surface area (Å²) in [7, 11) is 4.09. The number of amides is 3. The average molecular weight is 494 g/mol. The van der Waals surface area contributed by atoms with E-state index >= 15 is 0 Å². The Bertz CT molecular complexity index is 1290. The number of hydrogen-bond acceptors (Lipinski definition) is 4. The van der Waals surface area contributed by atoms with Gasteiger partial charge in [-0.1, -0.05) is 6.07 Å². The van der Waals surface area contributed by atoms with Crippen molar-refractivity contribution in [2.75, 3.05) is 24.3 Å². The normalized spacial score (nSPS) is 12.5. The van der Waals surface area contributed by atoms with Crippen LogP contribution in [0.3, 0.4) is 0 Å². The topological polar surface area (TPSA) is 70.7 Å². The quantitative estimate of drug-likeness (QED) is 0.439. The predicted molar refractivity (Wildman–Crippen MR) is 136 cm³/mol. The summed E-state index contributed by atoms with van der Waals surface area (Å²) >= 11 is 0. The number of aryl methyl sites for hydroxylation is 2. The molecule has 0 aromatic heterocycles. The van der Waals surface area contributed by atoms with Gasteiger partial charge in [-0.25, -0.2) is 13.6 Å². The van der Waals surface area contributed by atoms with Crippen LogP contribution in [-0.4, -0.2) is 26.0 Å². The Labute approximate surface area is 209 Å². The van der Waals surface area contributed by atoms with Crippen LogP contribution in [0, 0.1) is 25.5 Å². The zero-order valence-corrected chi connectivity index (χ0v) is 20.8. The van der Waals surface area contributed by atoms with Crippen LogP contribution >= 0.6 is 0 Å². The molecule has 0 heterocycles. The zero-order valence-electron chi connectivity index (χ0n) is 20.8. The number of carbonyl (C=O) groups excluding carboxylic acids is 2. The second-order valence-electron chi connectivity index (χ2n) is 9.19. The van der Waals surface area contributed by atoms with Gasteiger partial charge < -0.3 is 15.0 Å². The van der Waals surface area contributed by atoms with Crippen molar-refractivity contribution in [1.29, 1.82) is 0 Å². The highest BCUT2D eigenvalue weighted by molar-refractivity contribution is 6.08. The van der Waals surface area contributed by atoms with E-state index < -0.39 is 29.1 Å². The van der Waals surface area contributed by atoms with Crippen molar-refractivity contribution < 1.29 is 23.1 Å². The molecule has 3 amide bonds. The Morgan fingerprint density at radius 2 is 1.53 bits per heavy atom. The third-order valence-corrected chi connectivity index (χ3v) is 6.30. The van der Waals surface area contributed by atoms with Crippen molar-refractivity contribution in [2.24, 2.45) is 0 Å². The molecule has 0 bridgehead atoms. The van der Waals surface area contributed by atoms with Crippen LogP contribution in [0.5, 0.6) is 11.5 Å². The SMILES string of the molecule is Cc1cc(NC(=O)NC(=O)c2c(F)cccc2F)cc(C)c1Oc1ccc(N(C)C)c2c1CCCC2. The van der Waals surface area contributed by atoms with Crippen molar-refractivity contribution in [2.45, 2.75) is 39.5 Å². The second kappa shape index (κ2) is 10.4. The van der Waals surface area contributed by atoms with Crippen molar-refractivity contribution in [1.82, 2.24) is 5.32 Å². The van der Waals surface area contributed by atoms with Crippen LogP contribution in [0.25, 0.3) is 0 Å². The Kier molecular flexibility index (Phi) is 7.24. The molecule has 0 spiro atoms. The average Bonchev–Trinajstić information content (AvgIpc) is 2.81. The molecule has 0 saturated heterocycles. The van der Waals surface area contributed by atoms with E-state index in [1.54, 1.807) is 12.1 Å². The van der Waals surface area contributed by atoms with E-state index in [0.29, 0.717) is 11.4 Å². The maximum Gasteiger partial charge on any atom is 0.326 e. The first-order valence-electron chi connectivity index (χ1n) is 11.8. The molecule has 0 radical (unpaired) electrons. The summed E-state index contributed by atoms with van der Waals surface area (Å²) in [4.78, 5) is 26.7. The van der Waals surface area contributed by atoms with Crippen LogP contribution in [0.1, 0.15) is 45.5 Å².